The van der Waals surface area contributed by atoms with Crippen LogP contribution in [0.1, 0.15) is 61.4 Å². The third-order valence-electron chi connectivity index (χ3n) is 6.23. The lowest BCUT2D eigenvalue weighted by atomic mass is 9.78. The summed E-state index contributed by atoms with van der Waals surface area (Å²) in [5.74, 6) is 0.681. The van der Waals surface area contributed by atoms with Crippen molar-refractivity contribution in [2.75, 3.05) is 18.1 Å². The number of fused-ring (bicyclic) bond motifs is 1. The van der Waals surface area contributed by atoms with Crippen molar-refractivity contribution in [3.05, 3.63) is 41.6 Å². The second-order valence-corrected chi connectivity index (χ2v) is 8.18. The van der Waals surface area contributed by atoms with Crippen LogP contribution < -0.4 is 4.90 Å². The van der Waals surface area contributed by atoms with Crippen molar-refractivity contribution in [1.82, 2.24) is 9.97 Å². The molecule has 0 radical (unpaired) electrons. The molecule has 0 unspecified atom stereocenters. The number of carbonyl (C=O) groups is 1. The van der Waals surface area contributed by atoms with Crippen LogP contribution in [-0.4, -0.2) is 35.1 Å². The zero-order valence-corrected chi connectivity index (χ0v) is 17.5. The van der Waals surface area contributed by atoms with Gasteiger partial charge in [0.25, 0.3) is 0 Å². The predicted octanol–water partition coefficient (Wildman–Crippen LogP) is 5.50. The Morgan fingerprint density at radius 1 is 1.19 bits per heavy atom. The van der Waals surface area contributed by atoms with Crippen LogP contribution in [0, 0.1) is 5.92 Å². The van der Waals surface area contributed by atoms with Gasteiger partial charge in [-0.2, -0.15) is 13.2 Å². The maximum Gasteiger partial charge on any atom is 0.416 e. The van der Waals surface area contributed by atoms with Crippen molar-refractivity contribution < 1.29 is 22.7 Å². The molecule has 2 fully saturated rings. The summed E-state index contributed by atoms with van der Waals surface area (Å²) in [6.45, 7) is 2.71. The summed E-state index contributed by atoms with van der Waals surface area (Å²) in [6, 6.07) is 5.24. The Morgan fingerprint density at radius 2 is 1.97 bits per heavy atom. The Kier molecular flexibility index (Phi) is 6.16. The summed E-state index contributed by atoms with van der Waals surface area (Å²) in [5.41, 5.74) is -0.220. The zero-order chi connectivity index (χ0) is 22.0. The largest absolute Gasteiger partial charge is 0.462 e. The molecular formula is C23H26F3N3O2. The molecule has 2 aromatic rings. The molecule has 0 bridgehead atoms. The second kappa shape index (κ2) is 8.85. The van der Waals surface area contributed by atoms with Gasteiger partial charge in [-0.1, -0.05) is 25.0 Å². The number of aromatic nitrogens is 2. The number of nitrogens with zero attached hydrogens (tertiary/aromatic N) is 3. The summed E-state index contributed by atoms with van der Waals surface area (Å²) in [4.78, 5) is 23.6. The molecule has 1 aromatic heterocycles. The third kappa shape index (κ3) is 4.52. The fourth-order valence-corrected chi connectivity index (χ4v) is 4.81. The number of ether oxygens (including phenoxy) is 1. The number of halogens is 3. The first-order valence-electron chi connectivity index (χ1n) is 10.9. The molecule has 1 saturated heterocycles. The highest BCUT2D eigenvalue weighted by atomic mass is 19.4. The molecular weight excluding hydrogens is 407 g/mol. The number of anilines is 1. The smallest absolute Gasteiger partial charge is 0.416 e. The molecule has 2 aliphatic rings. The molecule has 1 aliphatic carbocycles. The Bertz CT molecular complexity index is 946. The highest BCUT2D eigenvalue weighted by Crippen LogP contribution is 2.39. The molecule has 1 saturated carbocycles. The number of rotatable bonds is 4. The number of hydrogen-bond donors (Lipinski definition) is 0. The Hall–Kier alpha value is -2.64. The molecule has 4 rings (SSSR count). The van der Waals surface area contributed by atoms with Crippen LogP contribution in [0.15, 0.2) is 30.5 Å². The van der Waals surface area contributed by atoms with E-state index in [0.717, 1.165) is 50.8 Å². The van der Waals surface area contributed by atoms with Gasteiger partial charge in [-0.05, 0) is 50.7 Å². The number of hydrogen-bond acceptors (Lipinski definition) is 5. The first kappa shape index (κ1) is 21.6. The molecule has 1 aliphatic heterocycles. The molecule has 2 atom stereocenters. The fourth-order valence-electron chi connectivity index (χ4n) is 4.81. The van der Waals surface area contributed by atoms with Crippen LogP contribution >= 0.6 is 0 Å². The molecule has 0 N–H and O–H groups in total. The Morgan fingerprint density at radius 3 is 2.74 bits per heavy atom. The number of alkyl halides is 3. The minimum Gasteiger partial charge on any atom is -0.462 e. The van der Waals surface area contributed by atoms with Crippen molar-refractivity contribution in [3.63, 3.8) is 0 Å². The van der Waals surface area contributed by atoms with Crippen LogP contribution in [0.2, 0.25) is 0 Å². The third-order valence-corrected chi connectivity index (χ3v) is 6.23. The van der Waals surface area contributed by atoms with Crippen LogP contribution in [-0.2, 0) is 10.9 Å². The first-order chi connectivity index (χ1) is 14.9. The summed E-state index contributed by atoms with van der Waals surface area (Å²) in [5, 5.41) is 0. The summed E-state index contributed by atoms with van der Waals surface area (Å²) >= 11 is 0. The van der Waals surface area contributed by atoms with E-state index in [2.05, 4.69) is 14.9 Å². The van der Waals surface area contributed by atoms with Crippen molar-refractivity contribution in [2.45, 2.75) is 57.7 Å². The minimum atomic E-state index is -4.45. The van der Waals surface area contributed by atoms with Gasteiger partial charge in [0.2, 0.25) is 0 Å². The molecule has 5 nitrogen and oxygen atoms in total. The van der Waals surface area contributed by atoms with E-state index in [1.165, 1.54) is 18.7 Å². The summed E-state index contributed by atoms with van der Waals surface area (Å²) in [6.07, 6.45) is 3.59. The van der Waals surface area contributed by atoms with Crippen LogP contribution in [0.4, 0.5) is 19.0 Å². The van der Waals surface area contributed by atoms with Gasteiger partial charge in [-0.25, -0.2) is 14.8 Å². The molecule has 0 amide bonds. The molecule has 2 heterocycles. The van der Waals surface area contributed by atoms with E-state index in [9.17, 15) is 18.0 Å². The van der Waals surface area contributed by atoms with E-state index in [1.807, 2.05) is 0 Å². The summed E-state index contributed by atoms with van der Waals surface area (Å²) in [7, 11) is 0. The van der Waals surface area contributed by atoms with Crippen LogP contribution in [0.25, 0.3) is 11.4 Å². The lowest BCUT2D eigenvalue weighted by Crippen LogP contribution is -2.48. The normalized spacial score (nSPS) is 21.5. The van der Waals surface area contributed by atoms with E-state index in [1.54, 1.807) is 13.0 Å². The summed E-state index contributed by atoms with van der Waals surface area (Å²) < 4.78 is 44.8. The van der Waals surface area contributed by atoms with Gasteiger partial charge in [0.1, 0.15) is 11.4 Å². The lowest BCUT2D eigenvalue weighted by molar-refractivity contribution is -0.137. The number of benzene rings is 1. The van der Waals surface area contributed by atoms with Gasteiger partial charge in [-0.15, -0.1) is 0 Å². The molecule has 8 heteroatoms. The van der Waals surface area contributed by atoms with Gasteiger partial charge in [-0.3, -0.25) is 0 Å². The van der Waals surface area contributed by atoms with Crippen molar-refractivity contribution in [1.29, 1.82) is 0 Å². The number of esters is 1. The van der Waals surface area contributed by atoms with Crippen molar-refractivity contribution >= 4 is 11.8 Å². The van der Waals surface area contributed by atoms with E-state index in [4.69, 9.17) is 4.74 Å². The zero-order valence-electron chi connectivity index (χ0n) is 17.5. The molecule has 0 spiro atoms. The minimum absolute atomic E-state index is 0.173. The topological polar surface area (TPSA) is 55.3 Å². The second-order valence-electron chi connectivity index (χ2n) is 8.18. The number of piperidine rings is 1. The van der Waals surface area contributed by atoms with Crippen LogP contribution in [0.3, 0.4) is 0 Å². The van der Waals surface area contributed by atoms with E-state index in [0.29, 0.717) is 11.7 Å². The Balaban J connectivity index is 1.77. The average molecular weight is 433 g/mol. The van der Waals surface area contributed by atoms with E-state index < -0.39 is 17.7 Å². The quantitative estimate of drug-likeness (QED) is 0.596. The van der Waals surface area contributed by atoms with Gasteiger partial charge in [0.15, 0.2) is 5.82 Å². The highest BCUT2D eigenvalue weighted by molar-refractivity contribution is 5.95. The van der Waals surface area contributed by atoms with E-state index >= 15 is 0 Å². The van der Waals surface area contributed by atoms with Crippen LogP contribution in [0.5, 0.6) is 0 Å². The van der Waals surface area contributed by atoms with Crippen molar-refractivity contribution in [2.24, 2.45) is 5.92 Å². The number of carbonyl (C=O) groups excluding carboxylic acids is 1. The van der Waals surface area contributed by atoms with Crippen molar-refractivity contribution in [3.8, 4) is 11.4 Å². The van der Waals surface area contributed by atoms with Gasteiger partial charge in [0, 0.05) is 24.3 Å². The predicted molar refractivity (Wildman–Crippen MR) is 111 cm³/mol. The first-order valence-corrected chi connectivity index (χ1v) is 10.9. The highest BCUT2D eigenvalue weighted by Gasteiger charge is 2.36. The fraction of sp³-hybridized carbons (Fsp3) is 0.522. The maximum atomic E-state index is 13.2. The van der Waals surface area contributed by atoms with Gasteiger partial charge >= 0.3 is 12.1 Å². The SMILES string of the molecule is CCOC(=O)c1cnc(-c2cccc(C(F)(F)F)c2)nc1N1CCC[C@H]2CCCC[C@@H]21. The standard InChI is InChI=1S/C23H26F3N3O2/c1-2-31-22(30)18-14-27-20(16-8-5-10-17(13-16)23(24,25)26)28-21(18)29-12-6-9-15-7-3-4-11-19(15)29/h5,8,10,13-15,19H,2-4,6-7,9,11-12H2,1H3/t15-,19+/m1/s1. The van der Waals surface area contributed by atoms with Gasteiger partial charge in [0.05, 0.1) is 12.2 Å². The monoisotopic (exact) mass is 433 g/mol. The molecule has 1 aromatic carbocycles. The molecule has 31 heavy (non-hydrogen) atoms. The maximum absolute atomic E-state index is 13.2. The lowest BCUT2D eigenvalue weighted by Gasteiger charge is -2.45. The Labute approximate surface area is 179 Å². The average Bonchev–Trinajstić information content (AvgIpc) is 2.78. The molecule has 166 valence electrons. The van der Waals surface area contributed by atoms with E-state index in [-0.39, 0.29) is 29.6 Å². The van der Waals surface area contributed by atoms with Gasteiger partial charge < -0.3 is 9.64 Å².